The van der Waals surface area contributed by atoms with Crippen molar-refractivity contribution in [3.63, 3.8) is 0 Å². The Bertz CT molecular complexity index is 1540. The van der Waals surface area contributed by atoms with E-state index in [1.54, 1.807) is 19.1 Å². The number of carboxylic acids is 1. The number of ether oxygens (including phenoxy) is 1. The van der Waals surface area contributed by atoms with Crippen molar-refractivity contribution in [1.82, 2.24) is 15.3 Å². The van der Waals surface area contributed by atoms with Gasteiger partial charge in [0.15, 0.2) is 11.6 Å². The van der Waals surface area contributed by atoms with Crippen LogP contribution < -0.4 is 15.4 Å². The van der Waals surface area contributed by atoms with Gasteiger partial charge in [-0.05, 0) is 61.4 Å². The van der Waals surface area contributed by atoms with Gasteiger partial charge in [-0.3, -0.25) is 19.4 Å². The summed E-state index contributed by atoms with van der Waals surface area (Å²) in [5.74, 6) is -3.27. The summed E-state index contributed by atoms with van der Waals surface area (Å²) in [4.78, 5) is 42.7. The van der Waals surface area contributed by atoms with Crippen LogP contribution in [0.25, 0.3) is 11.4 Å². The van der Waals surface area contributed by atoms with Gasteiger partial charge in [-0.15, -0.1) is 0 Å². The predicted octanol–water partition coefficient (Wildman–Crippen LogP) is 5.30. The predicted molar refractivity (Wildman–Crippen MR) is 139 cm³/mol. The minimum Gasteiger partial charge on any atom is -0.481 e. The van der Waals surface area contributed by atoms with Gasteiger partial charge in [0.1, 0.15) is 11.6 Å². The number of carboxylic acid groups (broad SMARTS) is 1. The highest BCUT2D eigenvalue weighted by molar-refractivity contribution is 6.04. The number of benzene rings is 2. The van der Waals surface area contributed by atoms with Crippen molar-refractivity contribution in [1.29, 1.82) is 0 Å². The van der Waals surface area contributed by atoms with E-state index in [0.29, 0.717) is 23.4 Å². The average Bonchev–Trinajstić information content (AvgIpc) is 3.41. The van der Waals surface area contributed by atoms with E-state index in [2.05, 4.69) is 20.6 Å². The van der Waals surface area contributed by atoms with Crippen LogP contribution in [0.1, 0.15) is 39.1 Å². The van der Waals surface area contributed by atoms with Crippen molar-refractivity contribution >= 4 is 23.5 Å². The number of rotatable bonds is 10. The number of aromatic amines is 1. The fourth-order valence-electron chi connectivity index (χ4n) is 3.62. The maximum absolute atomic E-state index is 14.5. The van der Waals surface area contributed by atoms with Gasteiger partial charge in [-0.2, -0.15) is 0 Å². The fraction of sp³-hybridized carbons (Fsp3) is 0.143. The van der Waals surface area contributed by atoms with Gasteiger partial charge >= 0.3 is 5.97 Å². The zero-order valence-corrected chi connectivity index (χ0v) is 20.8. The lowest BCUT2D eigenvalue weighted by atomic mass is 10.1. The summed E-state index contributed by atoms with van der Waals surface area (Å²) in [6.07, 6.45) is 3.18. The van der Waals surface area contributed by atoms with Gasteiger partial charge in [-0.1, -0.05) is 6.07 Å². The second kappa shape index (κ2) is 12.0. The van der Waals surface area contributed by atoms with E-state index in [4.69, 9.17) is 9.84 Å². The number of aliphatic carboxylic acids is 1. The van der Waals surface area contributed by atoms with Crippen LogP contribution in [0.4, 0.5) is 14.5 Å². The minimum atomic E-state index is -0.936. The third-order valence-corrected chi connectivity index (χ3v) is 5.60. The van der Waals surface area contributed by atoms with E-state index in [9.17, 15) is 23.2 Å². The third kappa shape index (κ3) is 7.04. The van der Waals surface area contributed by atoms with Gasteiger partial charge < -0.3 is 25.5 Å². The molecule has 0 aliphatic rings. The molecule has 4 aromatic rings. The maximum atomic E-state index is 14.5. The second-order valence-corrected chi connectivity index (χ2v) is 8.62. The van der Waals surface area contributed by atoms with Crippen LogP contribution in [-0.2, 0) is 4.79 Å². The minimum absolute atomic E-state index is 0.00447. The molecule has 0 atom stereocenters. The van der Waals surface area contributed by atoms with E-state index in [0.717, 1.165) is 11.6 Å². The third-order valence-electron chi connectivity index (χ3n) is 5.60. The number of hydrogen-bond acceptors (Lipinski definition) is 5. The highest BCUT2D eigenvalue weighted by atomic mass is 19.1. The Kier molecular flexibility index (Phi) is 8.30. The first-order chi connectivity index (χ1) is 18.7. The fourth-order valence-corrected chi connectivity index (χ4v) is 3.62. The molecule has 2 heterocycles. The zero-order valence-electron chi connectivity index (χ0n) is 20.8. The normalized spacial score (nSPS) is 10.6. The summed E-state index contributed by atoms with van der Waals surface area (Å²) >= 11 is 0. The summed E-state index contributed by atoms with van der Waals surface area (Å²) < 4.78 is 34.3. The van der Waals surface area contributed by atoms with Crippen LogP contribution in [0.15, 0.2) is 67.0 Å². The molecule has 0 saturated heterocycles. The number of aryl methyl sites for hydroxylation is 1. The molecule has 0 radical (unpaired) electrons. The molecule has 0 spiro atoms. The molecule has 11 heteroatoms. The van der Waals surface area contributed by atoms with Crippen LogP contribution in [0.5, 0.6) is 11.5 Å². The maximum Gasteiger partial charge on any atom is 0.303 e. The molecule has 9 nitrogen and oxygen atoms in total. The molecule has 0 saturated carbocycles. The summed E-state index contributed by atoms with van der Waals surface area (Å²) in [6, 6.07) is 12.4. The quantitative estimate of drug-likeness (QED) is 0.204. The monoisotopic (exact) mass is 534 g/mol. The van der Waals surface area contributed by atoms with Gasteiger partial charge in [-0.25, -0.2) is 8.78 Å². The summed E-state index contributed by atoms with van der Waals surface area (Å²) in [6.45, 7) is 1.98. The lowest BCUT2D eigenvalue weighted by molar-refractivity contribution is -0.137. The Morgan fingerprint density at radius 3 is 2.56 bits per heavy atom. The Labute approximate surface area is 221 Å². The van der Waals surface area contributed by atoms with Crippen LogP contribution in [0.2, 0.25) is 0 Å². The second-order valence-electron chi connectivity index (χ2n) is 8.62. The van der Waals surface area contributed by atoms with Crippen LogP contribution in [0.3, 0.4) is 0 Å². The first-order valence-corrected chi connectivity index (χ1v) is 11.9. The summed E-state index contributed by atoms with van der Waals surface area (Å²) in [5, 5.41) is 13.8. The SMILES string of the molecule is Cc1ccc(F)c(NC(=O)c2ccc(F)c(Oc3ccnc(-c4cc(C(=O)NCCCC(=O)O)c[nH]4)c3)c2)c1. The number of pyridine rings is 1. The molecule has 2 aromatic heterocycles. The summed E-state index contributed by atoms with van der Waals surface area (Å²) in [7, 11) is 0. The standard InChI is InChI=1S/C28H24F2N4O5/c1-16-4-6-20(29)22(11-16)34-28(38)17-5-7-21(30)25(13-17)39-19-8-10-31-24(14-19)23-12-18(15-33-23)27(37)32-9-2-3-26(35)36/h4-8,10-15,33H,2-3,9H2,1H3,(H,32,37)(H,34,38)(H,35,36). The van der Waals surface area contributed by atoms with E-state index in [-0.39, 0.29) is 41.6 Å². The van der Waals surface area contributed by atoms with Crippen molar-refractivity contribution in [3.8, 4) is 22.9 Å². The molecule has 0 unspecified atom stereocenters. The Morgan fingerprint density at radius 2 is 1.77 bits per heavy atom. The van der Waals surface area contributed by atoms with Gasteiger partial charge in [0, 0.05) is 37.0 Å². The molecule has 4 rings (SSSR count). The highest BCUT2D eigenvalue weighted by Crippen LogP contribution is 2.29. The molecule has 0 bridgehead atoms. The van der Waals surface area contributed by atoms with Crippen LogP contribution in [-0.4, -0.2) is 39.4 Å². The highest BCUT2D eigenvalue weighted by Gasteiger charge is 2.15. The number of nitrogens with zero attached hydrogens (tertiary/aromatic N) is 1. The molecule has 0 aliphatic carbocycles. The number of carbonyl (C=O) groups is 3. The number of halogens is 2. The molecular formula is C28H24F2N4O5. The number of nitrogens with one attached hydrogen (secondary N) is 3. The van der Waals surface area contributed by atoms with E-state index < -0.39 is 23.5 Å². The zero-order chi connectivity index (χ0) is 27.9. The number of H-pyrrole nitrogens is 1. The average molecular weight is 535 g/mol. The lowest BCUT2D eigenvalue weighted by Crippen LogP contribution is -2.24. The first kappa shape index (κ1) is 27.0. The number of anilines is 1. The van der Waals surface area contributed by atoms with Crippen molar-refractivity contribution in [2.75, 3.05) is 11.9 Å². The molecule has 2 aromatic carbocycles. The molecule has 200 valence electrons. The van der Waals surface area contributed by atoms with Crippen molar-refractivity contribution in [2.45, 2.75) is 19.8 Å². The van der Waals surface area contributed by atoms with E-state index in [1.807, 2.05) is 0 Å². The smallest absolute Gasteiger partial charge is 0.303 e. The number of amides is 2. The van der Waals surface area contributed by atoms with Gasteiger partial charge in [0.25, 0.3) is 11.8 Å². The summed E-state index contributed by atoms with van der Waals surface area (Å²) in [5.41, 5.74) is 2.04. The van der Waals surface area contributed by atoms with Gasteiger partial charge in [0.2, 0.25) is 0 Å². The van der Waals surface area contributed by atoms with Crippen LogP contribution in [0, 0.1) is 18.6 Å². The molecule has 4 N–H and O–H groups in total. The largest absolute Gasteiger partial charge is 0.481 e. The van der Waals surface area contributed by atoms with Crippen molar-refractivity contribution < 1.29 is 33.0 Å². The molecular weight excluding hydrogens is 510 g/mol. The molecule has 0 aliphatic heterocycles. The van der Waals surface area contributed by atoms with E-state index >= 15 is 0 Å². The van der Waals surface area contributed by atoms with Gasteiger partial charge in [0.05, 0.1) is 22.6 Å². The molecule has 0 fully saturated rings. The number of aromatic nitrogens is 2. The topological polar surface area (TPSA) is 133 Å². The Hall–Kier alpha value is -5.06. The Balaban J connectivity index is 1.46. The molecule has 2 amide bonds. The lowest BCUT2D eigenvalue weighted by Gasteiger charge is -2.11. The van der Waals surface area contributed by atoms with Crippen molar-refractivity contribution in [3.05, 3.63) is 95.3 Å². The van der Waals surface area contributed by atoms with Crippen LogP contribution >= 0.6 is 0 Å². The molecule has 39 heavy (non-hydrogen) atoms. The van der Waals surface area contributed by atoms with Crippen molar-refractivity contribution in [2.24, 2.45) is 0 Å². The number of carbonyl (C=O) groups excluding carboxylic acids is 2. The first-order valence-electron chi connectivity index (χ1n) is 11.9. The van der Waals surface area contributed by atoms with E-state index in [1.165, 1.54) is 48.8 Å². The number of hydrogen-bond donors (Lipinski definition) is 4. The Morgan fingerprint density at radius 1 is 0.974 bits per heavy atom.